The monoisotopic (exact) mass is 408 g/mol. The molecule has 0 aliphatic carbocycles. The second-order valence-electron chi connectivity index (χ2n) is 7.06. The molecule has 8 heteroatoms. The van der Waals surface area contributed by atoms with Gasteiger partial charge in [0.15, 0.2) is 11.5 Å². The summed E-state index contributed by atoms with van der Waals surface area (Å²) in [6, 6.07) is 10.3. The number of carbonyl (C=O) groups is 1. The first-order valence-corrected chi connectivity index (χ1v) is 9.26. The number of benzene rings is 2. The SMILES string of the molecule is C[C@@H](NC(=O)CN(C)Cc1ccc(C(F)(F)F)cc1)c1ccc2c(c1)OCCO2. The predicted octanol–water partition coefficient (Wildman–Crippen LogP) is 3.79. The van der Waals surface area contributed by atoms with Crippen molar-refractivity contribution < 1.29 is 27.4 Å². The van der Waals surface area contributed by atoms with Crippen molar-refractivity contribution in [2.75, 3.05) is 26.8 Å². The molecule has 1 N–H and O–H groups in total. The van der Waals surface area contributed by atoms with Crippen LogP contribution in [0.1, 0.15) is 29.7 Å². The maximum Gasteiger partial charge on any atom is 0.416 e. The maximum atomic E-state index is 12.6. The molecular formula is C21H23F3N2O3. The van der Waals surface area contributed by atoms with Gasteiger partial charge in [-0.25, -0.2) is 0 Å². The van der Waals surface area contributed by atoms with Crippen LogP contribution >= 0.6 is 0 Å². The molecule has 0 aromatic heterocycles. The lowest BCUT2D eigenvalue weighted by atomic mass is 10.1. The molecule has 0 fully saturated rings. The van der Waals surface area contributed by atoms with E-state index in [4.69, 9.17) is 9.47 Å². The first-order valence-electron chi connectivity index (χ1n) is 9.26. The van der Waals surface area contributed by atoms with Gasteiger partial charge in [0.2, 0.25) is 5.91 Å². The number of likely N-dealkylation sites (N-methyl/N-ethyl adjacent to an activating group) is 1. The van der Waals surface area contributed by atoms with Gasteiger partial charge in [-0.15, -0.1) is 0 Å². The van der Waals surface area contributed by atoms with Crippen LogP contribution in [0.5, 0.6) is 11.5 Å². The summed E-state index contributed by atoms with van der Waals surface area (Å²) < 4.78 is 48.9. The number of alkyl halides is 3. The molecule has 2 aromatic carbocycles. The Kier molecular flexibility index (Phi) is 6.32. The Balaban J connectivity index is 1.52. The molecule has 156 valence electrons. The highest BCUT2D eigenvalue weighted by Gasteiger charge is 2.30. The summed E-state index contributed by atoms with van der Waals surface area (Å²) in [5.74, 6) is 1.17. The smallest absolute Gasteiger partial charge is 0.416 e. The molecule has 1 aliphatic heterocycles. The van der Waals surface area contributed by atoms with Gasteiger partial charge in [-0.3, -0.25) is 9.69 Å². The van der Waals surface area contributed by atoms with E-state index in [-0.39, 0.29) is 18.5 Å². The Hall–Kier alpha value is -2.74. The van der Waals surface area contributed by atoms with Gasteiger partial charge in [0, 0.05) is 6.54 Å². The number of fused-ring (bicyclic) bond motifs is 1. The fraction of sp³-hybridized carbons (Fsp3) is 0.381. The summed E-state index contributed by atoms with van der Waals surface area (Å²) in [5, 5.41) is 2.92. The molecular weight excluding hydrogens is 385 g/mol. The van der Waals surface area contributed by atoms with Gasteiger partial charge in [0.25, 0.3) is 0 Å². The Bertz CT molecular complexity index is 853. The highest BCUT2D eigenvalue weighted by Crippen LogP contribution is 2.32. The van der Waals surface area contributed by atoms with Crippen LogP contribution in [0.25, 0.3) is 0 Å². The number of nitrogens with one attached hydrogen (secondary N) is 1. The number of nitrogens with zero attached hydrogens (tertiary/aromatic N) is 1. The Morgan fingerprint density at radius 3 is 2.41 bits per heavy atom. The van der Waals surface area contributed by atoms with Crippen molar-refractivity contribution in [1.82, 2.24) is 10.2 Å². The van der Waals surface area contributed by atoms with Gasteiger partial charge >= 0.3 is 6.18 Å². The predicted molar refractivity (Wildman–Crippen MR) is 102 cm³/mol. The molecule has 29 heavy (non-hydrogen) atoms. The van der Waals surface area contributed by atoms with Crippen molar-refractivity contribution in [3.8, 4) is 11.5 Å². The van der Waals surface area contributed by atoms with Crippen LogP contribution in [0, 0.1) is 0 Å². The van der Waals surface area contributed by atoms with E-state index < -0.39 is 11.7 Å². The highest BCUT2D eigenvalue weighted by atomic mass is 19.4. The summed E-state index contributed by atoms with van der Waals surface area (Å²) in [4.78, 5) is 14.1. The summed E-state index contributed by atoms with van der Waals surface area (Å²) in [5.41, 5.74) is 0.913. The van der Waals surface area contributed by atoms with E-state index in [1.54, 1.807) is 11.9 Å². The summed E-state index contributed by atoms with van der Waals surface area (Å²) in [6.07, 6.45) is -4.35. The average molecular weight is 408 g/mol. The van der Waals surface area contributed by atoms with Gasteiger partial charge in [-0.05, 0) is 49.4 Å². The van der Waals surface area contributed by atoms with Gasteiger partial charge in [0.05, 0.1) is 18.2 Å². The molecule has 1 aliphatic rings. The van der Waals surface area contributed by atoms with Crippen LogP contribution in [-0.4, -0.2) is 37.6 Å². The molecule has 0 radical (unpaired) electrons. The molecule has 1 amide bonds. The van der Waals surface area contributed by atoms with Crippen molar-refractivity contribution in [3.05, 3.63) is 59.2 Å². The van der Waals surface area contributed by atoms with Crippen LogP contribution in [0.3, 0.4) is 0 Å². The van der Waals surface area contributed by atoms with E-state index in [1.807, 2.05) is 25.1 Å². The van der Waals surface area contributed by atoms with Crippen molar-refractivity contribution in [2.24, 2.45) is 0 Å². The third kappa shape index (κ3) is 5.63. The minimum atomic E-state index is -4.35. The maximum absolute atomic E-state index is 12.6. The zero-order valence-corrected chi connectivity index (χ0v) is 16.3. The second kappa shape index (κ2) is 8.73. The topological polar surface area (TPSA) is 50.8 Å². The van der Waals surface area contributed by atoms with Crippen molar-refractivity contribution in [3.63, 3.8) is 0 Å². The van der Waals surface area contributed by atoms with E-state index in [0.717, 1.165) is 17.7 Å². The number of amides is 1. The Morgan fingerprint density at radius 1 is 1.10 bits per heavy atom. The largest absolute Gasteiger partial charge is 0.486 e. The van der Waals surface area contributed by atoms with Crippen LogP contribution in [0.15, 0.2) is 42.5 Å². The Labute approximate surface area is 167 Å². The van der Waals surface area contributed by atoms with Gasteiger partial charge in [-0.1, -0.05) is 18.2 Å². The molecule has 0 saturated carbocycles. The van der Waals surface area contributed by atoms with Crippen molar-refractivity contribution in [1.29, 1.82) is 0 Å². The number of halogens is 3. The number of hydrogen-bond donors (Lipinski definition) is 1. The molecule has 5 nitrogen and oxygen atoms in total. The summed E-state index contributed by atoms with van der Waals surface area (Å²) >= 11 is 0. The summed E-state index contributed by atoms with van der Waals surface area (Å²) in [6.45, 7) is 3.37. The first-order chi connectivity index (χ1) is 13.7. The van der Waals surface area contributed by atoms with Crippen LogP contribution in [-0.2, 0) is 17.5 Å². The lowest BCUT2D eigenvalue weighted by Gasteiger charge is -2.22. The molecule has 1 heterocycles. The zero-order chi connectivity index (χ0) is 21.0. The number of ether oxygens (including phenoxy) is 2. The minimum absolute atomic E-state index is 0.121. The number of hydrogen-bond acceptors (Lipinski definition) is 4. The second-order valence-corrected chi connectivity index (χ2v) is 7.06. The fourth-order valence-corrected chi connectivity index (χ4v) is 3.11. The van der Waals surface area contributed by atoms with Crippen LogP contribution in [0.2, 0.25) is 0 Å². The van der Waals surface area contributed by atoms with E-state index in [2.05, 4.69) is 5.32 Å². The average Bonchev–Trinajstić information content (AvgIpc) is 2.67. The molecule has 2 aromatic rings. The number of rotatable bonds is 6. The third-order valence-electron chi connectivity index (χ3n) is 4.59. The van der Waals surface area contributed by atoms with Crippen molar-refractivity contribution in [2.45, 2.75) is 25.7 Å². The van der Waals surface area contributed by atoms with Crippen LogP contribution < -0.4 is 14.8 Å². The molecule has 0 bridgehead atoms. The van der Waals surface area contributed by atoms with E-state index in [0.29, 0.717) is 36.8 Å². The van der Waals surface area contributed by atoms with Crippen LogP contribution in [0.4, 0.5) is 13.2 Å². The highest BCUT2D eigenvalue weighted by molar-refractivity contribution is 5.78. The van der Waals surface area contributed by atoms with E-state index >= 15 is 0 Å². The summed E-state index contributed by atoms with van der Waals surface area (Å²) in [7, 11) is 1.74. The first kappa shape index (κ1) is 21.0. The third-order valence-corrected chi connectivity index (χ3v) is 4.59. The quantitative estimate of drug-likeness (QED) is 0.790. The number of carbonyl (C=O) groups excluding carboxylic acids is 1. The lowest BCUT2D eigenvalue weighted by molar-refractivity contribution is -0.137. The lowest BCUT2D eigenvalue weighted by Crippen LogP contribution is -2.36. The van der Waals surface area contributed by atoms with E-state index in [1.165, 1.54) is 12.1 Å². The molecule has 3 rings (SSSR count). The van der Waals surface area contributed by atoms with E-state index in [9.17, 15) is 18.0 Å². The normalized spacial score (nSPS) is 14.6. The van der Waals surface area contributed by atoms with Gasteiger partial charge < -0.3 is 14.8 Å². The zero-order valence-electron chi connectivity index (χ0n) is 16.3. The van der Waals surface area contributed by atoms with Gasteiger partial charge in [-0.2, -0.15) is 13.2 Å². The van der Waals surface area contributed by atoms with Crippen molar-refractivity contribution >= 4 is 5.91 Å². The van der Waals surface area contributed by atoms with Gasteiger partial charge in [0.1, 0.15) is 13.2 Å². The standard InChI is InChI=1S/C21H23F3N2O3/c1-14(16-5-8-18-19(11-16)29-10-9-28-18)25-20(27)13-26(2)12-15-3-6-17(7-4-15)21(22,23)24/h3-8,11,14H,9-10,12-13H2,1-2H3,(H,25,27)/t14-/m1/s1. The molecule has 0 spiro atoms. The molecule has 0 unspecified atom stereocenters. The molecule has 1 atom stereocenters. The Morgan fingerprint density at radius 2 is 1.76 bits per heavy atom. The molecule has 0 saturated heterocycles. The fourth-order valence-electron chi connectivity index (χ4n) is 3.11. The minimum Gasteiger partial charge on any atom is -0.486 e.